The second-order valence-corrected chi connectivity index (χ2v) is 7.37. The Morgan fingerprint density at radius 1 is 1.10 bits per heavy atom. The first-order valence-corrected chi connectivity index (χ1v) is 9.79. The highest BCUT2D eigenvalue weighted by Crippen LogP contribution is 2.19. The van der Waals surface area contributed by atoms with Crippen LogP contribution in [0.3, 0.4) is 0 Å². The van der Waals surface area contributed by atoms with Crippen LogP contribution in [-0.4, -0.2) is 48.6 Å². The van der Waals surface area contributed by atoms with Crippen LogP contribution in [-0.2, 0) is 6.54 Å². The maximum absolute atomic E-state index is 12.6. The molecule has 1 fully saturated rings. The lowest BCUT2D eigenvalue weighted by Gasteiger charge is -2.35. The molecular formula is C22H27F2N3O2. The molecule has 29 heavy (non-hydrogen) atoms. The highest BCUT2D eigenvalue weighted by Gasteiger charge is 2.22. The first-order valence-electron chi connectivity index (χ1n) is 9.79. The summed E-state index contributed by atoms with van der Waals surface area (Å²) in [5.41, 5.74) is 3.37. The lowest BCUT2D eigenvalue weighted by atomic mass is 10.1. The molecule has 1 atom stereocenters. The molecule has 0 bridgehead atoms. The summed E-state index contributed by atoms with van der Waals surface area (Å²) in [5.74, 6) is 0.104. The van der Waals surface area contributed by atoms with E-state index < -0.39 is 6.61 Å². The number of rotatable bonds is 6. The van der Waals surface area contributed by atoms with Gasteiger partial charge in [-0.3, -0.25) is 4.90 Å². The van der Waals surface area contributed by atoms with Gasteiger partial charge in [-0.15, -0.1) is 0 Å². The number of aryl methyl sites for hydroxylation is 1. The summed E-state index contributed by atoms with van der Waals surface area (Å²) < 4.78 is 28.8. The standard InChI is InChI=1S/C22H27F2N3O2/c1-16-4-3-5-18(14-16)15-26-10-12-27(13-11-26)22(28)25-17(2)19-6-8-20(9-7-19)29-21(23)24/h3-9,14,17,21H,10-13,15H2,1-2H3,(H,25,28). The fourth-order valence-corrected chi connectivity index (χ4v) is 3.48. The molecule has 1 unspecified atom stereocenters. The zero-order valence-corrected chi connectivity index (χ0v) is 16.8. The summed E-state index contributed by atoms with van der Waals surface area (Å²) in [6.45, 7) is 5.01. The summed E-state index contributed by atoms with van der Waals surface area (Å²) in [4.78, 5) is 16.7. The van der Waals surface area contributed by atoms with Crippen LogP contribution in [0.25, 0.3) is 0 Å². The predicted molar refractivity (Wildman–Crippen MR) is 108 cm³/mol. The average Bonchev–Trinajstić information content (AvgIpc) is 2.68. The summed E-state index contributed by atoms with van der Waals surface area (Å²) in [6.07, 6.45) is 0. The lowest BCUT2D eigenvalue weighted by Crippen LogP contribution is -2.51. The molecule has 2 aromatic carbocycles. The molecule has 156 valence electrons. The number of urea groups is 1. The second kappa shape index (κ2) is 9.69. The Balaban J connectivity index is 1.46. The van der Waals surface area contributed by atoms with Crippen molar-refractivity contribution in [1.29, 1.82) is 0 Å². The van der Waals surface area contributed by atoms with Crippen molar-refractivity contribution in [3.8, 4) is 5.75 Å². The van der Waals surface area contributed by atoms with Crippen molar-refractivity contribution in [2.24, 2.45) is 0 Å². The summed E-state index contributed by atoms with van der Waals surface area (Å²) in [6, 6.07) is 14.5. The molecule has 1 heterocycles. The Kier molecular flexibility index (Phi) is 7.04. The van der Waals surface area contributed by atoms with Crippen LogP contribution in [0.15, 0.2) is 48.5 Å². The monoisotopic (exact) mass is 403 g/mol. The number of nitrogens with one attached hydrogen (secondary N) is 1. The molecule has 1 aliphatic heterocycles. The van der Waals surface area contributed by atoms with Crippen LogP contribution in [0, 0.1) is 6.92 Å². The minimum absolute atomic E-state index is 0.104. The van der Waals surface area contributed by atoms with Crippen molar-refractivity contribution in [2.45, 2.75) is 33.0 Å². The van der Waals surface area contributed by atoms with Crippen LogP contribution < -0.4 is 10.1 Å². The van der Waals surface area contributed by atoms with E-state index in [0.717, 1.165) is 25.2 Å². The van der Waals surface area contributed by atoms with Gasteiger partial charge in [-0.2, -0.15) is 8.78 Å². The molecule has 3 rings (SSSR count). The van der Waals surface area contributed by atoms with Crippen LogP contribution in [0.2, 0.25) is 0 Å². The fourth-order valence-electron chi connectivity index (χ4n) is 3.48. The number of hydrogen-bond acceptors (Lipinski definition) is 3. The van der Waals surface area contributed by atoms with Gasteiger partial charge in [-0.05, 0) is 37.1 Å². The Hall–Kier alpha value is -2.67. The smallest absolute Gasteiger partial charge is 0.387 e. The van der Waals surface area contributed by atoms with Gasteiger partial charge < -0.3 is 15.0 Å². The first kappa shape index (κ1) is 21.0. The zero-order valence-electron chi connectivity index (χ0n) is 16.8. The van der Waals surface area contributed by atoms with E-state index in [0.29, 0.717) is 13.1 Å². The van der Waals surface area contributed by atoms with E-state index in [2.05, 4.69) is 46.1 Å². The highest BCUT2D eigenvalue weighted by molar-refractivity contribution is 5.74. The molecule has 5 nitrogen and oxygen atoms in total. The number of halogens is 2. The molecule has 2 amide bonds. The van der Waals surface area contributed by atoms with E-state index in [1.807, 2.05) is 11.8 Å². The van der Waals surface area contributed by atoms with E-state index in [4.69, 9.17) is 0 Å². The third kappa shape index (κ3) is 6.15. The number of benzene rings is 2. The van der Waals surface area contributed by atoms with Gasteiger partial charge >= 0.3 is 12.6 Å². The number of alkyl halides is 2. The van der Waals surface area contributed by atoms with Gasteiger partial charge in [-0.1, -0.05) is 42.0 Å². The summed E-state index contributed by atoms with van der Waals surface area (Å²) in [5, 5.41) is 2.98. The SMILES string of the molecule is Cc1cccc(CN2CCN(C(=O)NC(C)c3ccc(OC(F)F)cc3)CC2)c1. The number of carbonyl (C=O) groups is 1. The van der Waals surface area contributed by atoms with Crippen molar-refractivity contribution in [3.05, 3.63) is 65.2 Å². The Bertz CT molecular complexity index is 806. The third-order valence-electron chi connectivity index (χ3n) is 5.09. The van der Waals surface area contributed by atoms with Crippen LogP contribution in [0.5, 0.6) is 5.75 Å². The van der Waals surface area contributed by atoms with Crippen LogP contribution in [0.1, 0.15) is 29.7 Å². The average molecular weight is 403 g/mol. The van der Waals surface area contributed by atoms with Crippen molar-refractivity contribution in [1.82, 2.24) is 15.1 Å². The van der Waals surface area contributed by atoms with E-state index in [1.165, 1.54) is 23.3 Å². The molecule has 1 saturated heterocycles. The molecule has 2 aromatic rings. The molecule has 0 aromatic heterocycles. The Labute approximate surface area is 170 Å². The van der Waals surface area contributed by atoms with Gasteiger partial charge in [0.2, 0.25) is 0 Å². The van der Waals surface area contributed by atoms with Crippen LogP contribution >= 0.6 is 0 Å². The van der Waals surface area contributed by atoms with Gasteiger partial charge in [-0.25, -0.2) is 4.79 Å². The summed E-state index contributed by atoms with van der Waals surface area (Å²) >= 11 is 0. The quantitative estimate of drug-likeness (QED) is 0.787. The van der Waals surface area contributed by atoms with Crippen molar-refractivity contribution in [2.75, 3.05) is 26.2 Å². The van der Waals surface area contributed by atoms with E-state index in [-0.39, 0.29) is 17.8 Å². The molecule has 1 aliphatic rings. The minimum atomic E-state index is -2.84. The molecule has 0 saturated carbocycles. The van der Waals surface area contributed by atoms with E-state index in [9.17, 15) is 13.6 Å². The van der Waals surface area contributed by atoms with Gasteiger partial charge in [0.15, 0.2) is 0 Å². The molecule has 7 heteroatoms. The maximum atomic E-state index is 12.6. The predicted octanol–water partition coefficient (Wildman–Crippen LogP) is 4.18. The van der Waals surface area contributed by atoms with Gasteiger partial charge in [0.1, 0.15) is 5.75 Å². The number of hydrogen-bond donors (Lipinski definition) is 1. The fraction of sp³-hybridized carbons (Fsp3) is 0.409. The first-order chi connectivity index (χ1) is 13.9. The zero-order chi connectivity index (χ0) is 20.8. The van der Waals surface area contributed by atoms with Crippen molar-refractivity contribution >= 4 is 6.03 Å². The molecule has 0 spiro atoms. The van der Waals surface area contributed by atoms with Crippen molar-refractivity contribution in [3.63, 3.8) is 0 Å². The Morgan fingerprint density at radius 3 is 2.41 bits per heavy atom. The number of amides is 2. The van der Waals surface area contributed by atoms with Crippen molar-refractivity contribution < 1.29 is 18.3 Å². The molecular weight excluding hydrogens is 376 g/mol. The topological polar surface area (TPSA) is 44.8 Å². The molecule has 1 N–H and O–H groups in total. The lowest BCUT2D eigenvalue weighted by molar-refractivity contribution is -0.0498. The minimum Gasteiger partial charge on any atom is -0.435 e. The maximum Gasteiger partial charge on any atom is 0.387 e. The normalized spacial score (nSPS) is 16.0. The third-order valence-corrected chi connectivity index (χ3v) is 5.09. The Morgan fingerprint density at radius 2 is 1.79 bits per heavy atom. The number of carbonyl (C=O) groups excluding carboxylic acids is 1. The highest BCUT2D eigenvalue weighted by atomic mass is 19.3. The largest absolute Gasteiger partial charge is 0.435 e. The van der Waals surface area contributed by atoms with Crippen LogP contribution in [0.4, 0.5) is 13.6 Å². The van der Waals surface area contributed by atoms with E-state index >= 15 is 0 Å². The van der Waals surface area contributed by atoms with Gasteiger partial charge in [0, 0.05) is 32.7 Å². The second-order valence-electron chi connectivity index (χ2n) is 7.37. The molecule has 0 aliphatic carbocycles. The summed E-state index contributed by atoms with van der Waals surface area (Å²) in [7, 11) is 0. The number of ether oxygens (including phenoxy) is 1. The molecule has 0 radical (unpaired) electrons. The number of nitrogens with zero attached hydrogens (tertiary/aromatic N) is 2. The van der Waals surface area contributed by atoms with Gasteiger partial charge in [0.05, 0.1) is 6.04 Å². The number of piperazine rings is 1. The van der Waals surface area contributed by atoms with Gasteiger partial charge in [0.25, 0.3) is 0 Å². The van der Waals surface area contributed by atoms with E-state index in [1.54, 1.807) is 12.1 Å².